The molecule has 0 spiro atoms. The number of hydrogen-bond acceptors (Lipinski definition) is 4. The number of benzene rings is 1. The van der Waals surface area contributed by atoms with E-state index in [-0.39, 0.29) is 5.97 Å². The third-order valence-corrected chi connectivity index (χ3v) is 5.38. The highest BCUT2D eigenvalue weighted by Crippen LogP contribution is 2.34. The second-order valence-electron chi connectivity index (χ2n) is 6.85. The first-order valence-corrected chi connectivity index (χ1v) is 8.81. The number of methoxy groups -OCH3 is 1. The van der Waals surface area contributed by atoms with Crippen LogP contribution in [0.4, 0.5) is 0 Å². The average molecular weight is 316 g/mol. The Morgan fingerprint density at radius 2 is 2.09 bits per heavy atom. The van der Waals surface area contributed by atoms with Crippen molar-refractivity contribution in [3.63, 3.8) is 0 Å². The highest BCUT2D eigenvalue weighted by Gasteiger charge is 2.31. The first-order valence-electron chi connectivity index (χ1n) is 8.81. The fourth-order valence-electron chi connectivity index (χ4n) is 4.05. The summed E-state index contributed by atoms with van der Waals surface area (Å²) in [6.45, 7) is 5.62. The van der Waals surface area contributed by atoms with E-state index in [1.807, 2.05) is 0 Å². The summed E-state index contributed by atoms with van der Waals surface area (Å²) in [5.74, 6) is -0.134. The Bertz CT molecular complexity index is 546. The molecule has 0 radical (unpaired) electrons. The summed E-state index contributed by atoms with van der Waals surface area (Å²) in [5, 5.41) is 0. The van der Waals surface area contributed by atoms with Gasteiger partial charge in [-0.05, 0) is 37.3 Å². The van der Waals surface area contributed by atoms with Crippen LogP contribution in [0.3, 0.4) is 0 Å². The second kappa shape index (κ2) is 7.45. The molecule has 0 bridgehead atoms. The number of carbonyl (C=O) groups excluding carboxylic acids is 1. The SMILES string of the molecule is COC(=O)CN1CCN(C2CCCCc3ccccc32)CC1C. The number of ether oxygens (including phenoxy) is 1. The summed E-state index contributed by atoms with van der Waals surface area (Å²) < 4.78 is 4.81. The molecule has 2 unspecified atom stereocenters. The number of rotatable bonds is 3. The van der Waals surface area contributed by atoms with Gasteiger partial charge in [0.25, 0.3) is 0 Å². The Balaban J connectivity index is 1.70. The van der Waals surface area contributed by atoms with E-state index < -0.39 is 0 Å². The van der Waals surface area contributed by atoms with Gasteiger partial charge in [0.05, 0.1) is 13.7 Å². The van der Waals surface area contributed by atoms with E-state index in [4.69, 9.17) is 4.74 Å². The van der Waals surface area contributed by atoms with Crippen molar-refractivity contribution in [1.82, 2.24) is 9.80 Å². The Labute approximate surface area is 139 Å². The van der Waals surface area contributed by atoms with Crippen LogP contribution < -0.4 is 0 Å². The molecule has 4 nitrogen and oxygen atoms in total. The molecule has 2 atom stereocenters. The normalized spacial score (nSPS) is 26.3. The zero-order valence-electron chi connectivity index (χ0n) is 14.3. The number of esters is 1. The van der Waals surface area contributed by atoms with Gasteiger partial charge in [-0.2, -0.15) is 0 Å². The third-order valence-electron chi connectivity index (χ3n) is 5.38. The van der Waals surface area contributed by atoms with Crippen molar-refractivity contribution in [1.29, 1.82) is 0 Å². The zero-order chi connectivity index (χ0) is 16.2. The third kappa shape index (κ3) is 3.75. The lowest BCUT2D eigenvalue weighted by molar-refractivity contribution is -0.143. The topological polar surface area (TPSA) is 32.8 Å². The first-order chi connectivity index (χ1) is 11.2. The Morgan fingerprint density at radius 1 is 1.26 bits per heavy atom. The van der Waals surface area contributed by atoms with Crippen LogP contribution in [0.2, 0.25) is 0 Å². The van der Waals surface area contributed by atoms with Gasteiger partial charge in [0.1, 0.15) is 0 Å². The van der Waals surface area contributed by atoms with Crippen molar-refractivity contribution in [3.8, 4) is 0 Å². The van der Waals surface area contributed by atoms with Crippen LogP contribution in [0.5, 0.6) is 0 Å². The van der Waals surface area contributed by atoms with E-state index in [9.17, 15) is 4.79 Å². The fraction of sp³-hybridized carbons (Fsp3) is 0.632. The summed E-state index contributed by atoms with van der Waals surface area (Å²) in [6, 6.07) is 9.88. The number of aryl methyl sites for hydroxylation is 1. The molecular weight excluding hydrogens is 288 g/mol. The summed E-state index contributed by atoms with van der Waals surface area (Å²) in [4.78, 5) is 16.4. The van der Waals surface area contributed by atoms with Gasteiger partial charge in [-0.15, -0.1) is 0 Å². The number of fused-ring (bicyclic) bond motifs is 1. The standard InChI is InChI=1S/C19H28N2O2/c1-15-13-21(12-11-20(15)14-19(22)23-2)18-10-6-4-8-16-7-3-5-9-17(16)18/h3,5,7,9,15,18H,4,6,8,10-14H2,1-2H3. The van der Waals surface area contributed by atoms with Crippen LogP contribution in [0.25, 0.3) is 0 Å². The molecule has 0 amide bonds. The van der Waals surface area contributed by atoms with E-state index in [1.165, 1.54) is 43.9 Å². The van der Waals surface area contributed by atoms with Gasteiger partial charge >= 0.3 is 5.97 Å². The van der Waals surface area contributed by atoms with E-state index >= 15 is 0 Å². The van der Waals surface area contributed by atoms with Gasteiger partial charge in [-0.3, -0.25) is 14.6 Å². The molecule has 0 aromatic heterocycles. The van der Waals surface area contributed by atoms with Gasteiger partial charge < -0.3 is 4.74 Å². The summed E-state index contributed by atoms with van der Waals surface area (Å²) in [5.41, 5.74) is 3.05. The predicted molar refractivity (Wildman–Crippen MR) is 91.4 cm³/mol. The van der Waals surface area contributed by atoms with Crippen molar-refractivity contribution >= 4 is 5.97 Å². The van der Waals surface area contributed by atoms with Crippen LogP contribution >= 0.6 is 0 Å². The second-order valence-corrected chi connectivity index (χ2v) is 6.85. The summed E-state index contributed by atoms with van der Waals surface area (Å²) in [7, 11) is 1.46. The van der Waals surface area contributed by atoms with Crippen LogP contribution in [0.15, 0.2) is 24.3 Å². The maximum atomic E-state index is 11.5. The molecular formula is C19H28N2O2. The highest BCUT2D eigenvalue weighted by molar-refractivity contribution is 5.71. The molecule has 23 heavy (non-hydrogen) atoms. The highest BCUT2D eigenvalue weighted by atomic mass is 16.5. The van der Waals surface area contributed by atoms with E-state index in [1.54, 1.807) is 0 Å². The number of nitrogens with zero attached hydrogens (tertiary/aromatic N) is 2. The van der Waals surface area contributed by atoms with Crippen molar-refractivity contribution in [2.45, 2.75) is 44.7 Å². The molecule has 0 saturated carbocycles. The monoisotopic (exact) mass is 316 g/mol. The van der Waals surface area contributed by atoms with Gasteiger partial charge in [0.15, 0.2) is 0 Å². The number of carbonyl (C=O) groups is 1. The molecule has 1 heterocycles. The van der Waals surface area contributed by atoms with Crippen LogP contribution in [0, 0.1) is 0 Å². The minimum atomic E-state index is -0.134. The van der Waals surface area contributed by atoms with Crippen LogP contribution in [-0.4, -0.2) is 55.1 Å². The van der Waals surface area contributed by atoms with E-state index in [0.717, 1.165) is 19.6 Å². The first kappa shape index (κ1) is 16.5. The van der Waals surface area contributed by atoms with Gasteiger partial charge in [-0.1, -0.05) is 30.7 Å². The maximum absolute atomic E-state index is 11.5. The minimum absolute atomic E-state index is 0.134. The molecule has 1 aliphatic carbocycles. The van der Waals surface area contributed by atoms with Crippen molar-refractivity contribution < 1.29 is 9.53 Å². The number of hydrogen-bond donors (Lipinski definition) is 0. The predicted octanol–water partition coefficient (Wildman–Crippen LogP) is 2.63. The molecule has 0 N–H and O–H groups in total. The lowest BCUT2D eigenvalue weighted by Gasteiger charge is -2.43. The Hall–Kier alpha value is -1.39. The Kier molecular flexibility index (Phi) is 5.34. The summed E-state index contributed by atoms with van der Waals surface area (Å²) in [6.07, 6.45) is 5.06. The lowest BCUT2D eigenvalue weighted by Crippen LogP contribution is -2.54. The maximum Gasteiger partial charge on any atom is 0.319 e. The van der Waals surface area contributed by atoms with Crippen molar-refractivity contribution in [3.05, 3.63) is 35.4 Å². The molecule has 2 aliphatic rings. The Morgan fingerprint density at radius 3 is 2.87 bits per heavy atom. The molecule has 4 heteroatoms. The minimum Gasteiger partial charge on any atom is -0.468 e. The van der Waals surface area contributed by atoms with Gasteiger partial charge in [-0.25, -0.2) is 0 Å². The van der Waals surface area contributed by atoms with E-state index in [0.29, 0.717) is 18.6 Å². The lowest BCUT2D eigenvalue weighted by atomic mass is 9.96. The van der Waals surface area contributed by atoms with Crippen molar-refractivity contribution in [2.24, 2.45) is 0 Å². The largest absolute Gasteiger partial charge is 0.468 e. The molecule has 1 saturated heterocycles. The molecule has 1 aromatic carbocycles. The quantitative estimate of drug-likeness (QED) is 0.634. The fourth-order valence-corrected chi connectivity index (χ4v) is 4.05. The van der Waals surface area contributed by atoms with Crippen LogP contribution in [-0.2, 0) is 16.0 Å². The average Bonchev–Trinajstić information content (AvgIpc) is 2.79. The molecule has 126 valence electrons. The summed E-state index contributed by atoms with van der Waals surface area (Å²) >= 11 is 0. The van der Waals surface area contributed by atoms with Gasteiger partial charge in [0.2, 0.25) is 0 Å². The molecule has 1 aliphatic heterocycles. The van der Waals surface area contributed by atoms with Crippen molar-refractivity contribution in [2.75, 3.05) is 33.3 Å². The molecule has 3 rings (SSSR count). The molecule has 1 aromatic rings. The smallest absolute Gasteiger partial charge is 0.319 e. The molecule has 1 fully saturated rings. The van der Waals surface area contributed by atoms with Gasteiger partial charge in [0, 0.05) is 31.7 Å². The zero-order valence-corrected chi connectivity index (χ0v) is 14.3. The van der Waals surface area contributed by atoms with Crippen LogP contribution in [0.1, 0.15) is 43.4 Å². The van der Waals surface area contributed by atoms with E-state index in [2.05, 4.69) is 41.0 Å². The number of piperazine rings is 1.